The molecule has 0 aromatic rings. The van der Waals surface area contributed by atoms with Crippen LogP contribution in [0, 0.1) is 23.2 Å². The third-order valence-corrected chi connectivity index (χ3v) is 11.2. The van der Waals surface area contributed by atoms with Crippen molar-refractivity contribution in [3.63, 3.8) is 0 Å². The van der Waals surface area contributed by atoms with Gasteiger partial charge >= 0.3 is 17.9 Å². The Hall–Kier alpha value is -1.83. The summed E-state index contributed by atoms with van der Waals surface area (Å²) in [7, 11) is 0. The summed E-state index contributed by atoms with van der Waals surface area (Å²) in [6.07, 6.45) is 0.436. The van der Waals surface area contributed by atoms with E-state index in [9.17, 15) is 34.8 Å². The third-order valence-electron chi connectivity index (χ3n) is 11.2. The number of aliphatic hydroxyl groups excluding tert-OH is 4. The van der Waals surface area contributed by atoms with Gasteiger partial charge in [0.15, 0.2) is 6.29 Å². The predicted octanol–water partition coefficient (Wildman–Crippen LogP) is 0.883. The molecular formula is C30H44O12. The van der Waals surface area contributed by atoms with Crippen LogP contribution in [-0.2, 0) is 38.1 Å². The number of hydrogen-bond acceptors (Lipinski definition) is 12. The van der Waals surface area contributed by atoms with Crippen molar-refractivity contribution in [2.45, 2.75) is 132 Å². The van der Waals surface area contributed by atoms with Crippen molar-refractivity contribution in [3.8, 4) is 0 Å². The molecule has 236 valence electrons. The van der Waals surface area contributed by atoms with E-state index in [1.54, 1.807) is 6.92 Å². The van der Waals surface area contributed by atoms with E-state index in [0.717, 1.165) is 64.2 Å². The van der Waals surface area contributed by atoms with Gasteiger partial charge in [-0.3, -0.25) is 14.4 Å². The molecule has 2 heterocycles. The van der Waals surface area contributed by atoms with Crippen LogP contribution in [0.25, 0.3) is 0 Å². The van der Waals surface area contributed by atoms with E-state index >= 15 is 0 Å². The summed E-state index contributed by atoms with van der Waals surface area (Å²) in [6, 6.07) is 0. The lowest BCUT2D eigenvalue weighted by molar-refractivity contribution is -0.394. The van der Waals surface area contributed by atoms with Crippen LogP contribution in [0.15, 0.2) is 0 Å². The van der Waals surface area contributed by atoms with Crippen molar-refractivity contribution in [1.29, 1.82) is 0 Å². The van der Waals surface area contributed by atoms with Crippen molar-refractivity contribution in [2.75, 3.05) is 13.2 Å². The highest BCUT2D eigenvalue weighted by molar-refractivity contribution is 5.86. The molecule has 12 heteroatoms. The van der Waals surface area contributed by atoms with Gasteiger partial charge in [-0.2, -0.15) is 0 Å². The second kappa shape index (κ2) is 11.3. The maximum absolute atomic E-state index is 13.5. The topological polar surface area (TPSA) is 178 Å². The van der Waals surface area contributed by atoms with Crippen LogP contribution >= 0.6 is 0 Å². The Balaban J connectivity index is 1.20. The van der Waals surface area contributed by atoms with Gasteiger partial charge in [0.2, 0.25) is 0 Å². The number of hydrogen-bond donors (Lipinski definition) is 4. The minimum Gasteiger partial charge on any atom is -0.464 e. The molecule has 4 N–H and O–H groups in total. The third kappa shape index (κ3) is 4.59. The van der Waals surface area contributed by atoms with Gasteiger partial charge in [0, 0.05) is 12.3 Å². The summed E-state index contributed by atoms with van der Waals surface area (Å²) in [5, 5.41) is 43.2. The zero-order valence-electron chi connectivity index (χ0n) is 24.2. The van der Waals surface area contributed by atoms with E-state index in [4.69, 9.17) is 23.7 Å². The molecule has 7 fully saturated rings. The first-order chi connectivity index (χ1) is 20.0. The van der Waals surface area contributed by atoms with E-state index in [2.05, 4.69) is 0 Å². The van der Waals surface area contributed by atoms with E-state index in [0.29, 0.717) is 0 Å². The van der Waals surface area contributed by atoms with E-state index in [1.807, 2.05) is 0 Å². The van der Waals surface area contributed by atoms with Crippen LogP contribution in [-0.4, -0.2) is 99.6 Å². The highest BCUT2D eigenvalue weighted by Crippen LogP contribution is 2.73. The summed E-state index contributed by atoms with van der Waals surface area (Å²) >= 11 is 0. The first-order valence-corrected chi connectivity index (χ1v) is 15.7. The lowest BCUT2D eigenvalue weighted by atomic mass is 9.40. The summed E-state index contributed by atoms with van der Waals surface area (Å²) < 4.78 is 29.4. The summed E-state index contributed by atoms with van der Waals surface area (Å²) in [5.41, 5.74) is -4.30. The van der Waals surface area contributed by atoms with Gasteiger partial charge in [-0.25, -0.2) is 0 Å². The lowest BCUT2D eigenvalue weighted by Gasteiger charge is -2.66. The zero-order valence-corrected chi connectivity index (χ0v) is 24.2. The van der Waals surface area contributed by atoms with Crippen LogP contribution in [0.5, 0.6) is 0 Å². The Morgan fingerprint density at radius 3 is 2.05 bits per heavy atom. The molecule has 5 aliphatic carbocycles. The summed E-state index contributed by atoms with van der Waals surface area (Å²) in [6.45, 7) is 0.929. The molecular weight excluding hydrogens is 552 g/mol. The fraction of sp³-hybridized carbons (Fsp3) is 0.900. The van der Waals surface area contributed by atoms with Gasteiger partial charge < -0.3 is 44.1 Å². The van der Waals surface area contributed by atoms with Crippen molar-refractivity contribution in [2.24, 2.45) is 23.2 Å². The van der Waals surface area contributed by atoms with Gasteiger partial charge in [0.05, 0.1) is 17.9 Å². The standard InChI is InChI=1S/C30H44O12/c1-28-13-19(31)18-12-30(28,29(18,27(37)42-28)15-39-25(36)17-10-6-3-7-11-17)41-26-23(34)22(33)21(32)20(40-26)14-38-24(35)16-8-4-2-5-9-16/h16-23,26,31-34H,2-15H2,1H3/t18-,19+,20+,21+,22-,23+,26-,28-,29?,30-/m0/s1. The van der Waals surface area contributed by atoms with Gasteiger partial charge in [0.1, 0.15) is 54.2 Å². The van der Waals surface area contributed by atoms with Crippen molar-refractivity contribution in [1.82, 2.24) is 0 Å². The van der Waals surface area contributed by atoms with Crippen molar-refractivity contribution < 1.29 is 58.5 Å². The number of fused-ring (bicyclic) bond motifs is 1. The van der Waals surface area contributed by atoms with Crippen LogP contribution in [0.4, 0.5) is 0 Å². The largest absolute Gasteiger partial charge is 0.464 e. The quantitative estimate of drug-likeness (QED) is 0.230. The van der Waals surface area contributed by atoms with E-state index in [1.165, 1.54) is 0 Å². The number of ether oxygens (including phenoxy) is 5. The molecule has 1 unspecified atom stereocenters. The molecule has 0 spiro atoms. The molecule has 4 bridgehead atoms. The maximum Gasteiger partial charge on any atom is 0.319 e. The number of aliphatic hydroxyl groups is 4. The SMILES string of the molecule is C[C@]12C[C@@H](O)[C@@H]3C[C@@]1(O[C@@H]1O[C@H](COC(=O)C4CCCCC4)[C@@H](O)[C@H](O)[C@H]1O)C3(COC(=O)C1CCCCC1)C(=O)O2. The molecule has 12 nitrogen and oxygen atoms in total. The Morgan fingerprint density at radius 2 is 1.43 bits per heavy atom. The van der Waals surface area contributed by atoms with Gasteiger partial charge in [0.25, 0.3) is 0 Å². The summed E-state index contributed by atoms with van der Waals surface area (Å²) in [5.74, 6) is -2.53. The van der Waals surface area contributed by atoms with Crippen molar-refractivity contribution in [3.05, 3.63) is 0 Å². The Labute approximate surface area is 245 Å². The Bertz CT molecular complexity index is 1050. The fourth-order valence-electron chi connectivity index (χ4n) is 8.60. The normalized spacial score (nSPS) is 45.5. The van der Waals surface area contributed by atoms with Gasteiger partial charge in [-0.1, -0.05) is 38.5 Å². The number of carbonyl (C=O) groups excluding carboxylic acids is 3. The van der Waals surface area contributed by atoms with E-state index in [-0.39, 0.29) is 37.9 Å². The van der Waals surface area contributed by atoms with Crippen LogP contribution < -0.4 is 0 Å². The molecule has 0 aromatic heterocycles. The van der Waals surface area contributed by atoms with Crippen LogP contribution in [0.3, 0.4) is 0 Å². The average Bonchev–Trinajstić information content (AvgIpc) is 3.05. The molecule has 0 radical (unpaired) electrons. The van der Waals surface area contributed by atoms with Gasteiger partial charge in [-0.05, 0) is 39.0 Å². The monoisotopic (exact) mass is 596 g/mol. The maximum atomic E-state index is 13.5. The lowest BCUT2D eigenvalue weighted by Crippen LogP contribution is -2.80. The first kappa shape index (κ1) is 30.2. The molecule has 42 heavy (non-hydrogen) atoms. The molecule has 7 rings (SSSR count). The minimum absolute atomic E-state index is 0.0676. The molecule has 10 atom stereocenters. The molecule has 5 saturated carbocycles. The molecule has 0 amide bonds. The fourth-order valence-corrected chi connectivity index (χ4v) is 8.60. The zero-order chi connectivity index (χ0) is 29.9. The van der Waals surface area contributed by atoms with Crippen LogP contribution in [0.2, 0.25) is 0 Å². The number of rotatable bonds is 8. The van der Waals surface area contributed by atoms with Crippen molar-refractivity contribution >= 4 is 17.9 Å². The minimum atomic E-state index is -1.70. The highest BCUT2D eigenvalue weighted by atomic mass is 16.7. The van der Waals surface area contributed by atoms with E-state index < -0.39 is 77.3 Å². The summed E-state index contributed by atoms with van der Waals surface area (Å²) in [4.78, 5) is 39.1. The average molecular weight is 597 g/mol. The molecule has 7 aliphatic rings. The number of esters is 3. The van der Waals surface area contributed by atoms with Gasteiger partial charge in [-0.15, -0.1) is 0 Å². The Kier molecular flexibility index (Phi) is 8.10. The smallest absolute Gasteiger partial charge is 0.319 e. The molecule has 2 aliphatic heterocycles. The molecule has 0 aromatic carbocycles. The van der Waals surface area contributed by atoms with Crippen LogP contribution in [0.1, 0.15) is 84.0 Å². The highest BCUT2D eigenvalue weighted by Gasteiger charge is 2.88. The number of carbonyl (C=O) groups is 3. The predicted molar refractivity (Wildman–Crippen MR) is 141 cm³/mol. The molecule has 2 saturated heterocycles. The second-order valence-electron chi connectivity index (χ2n) is 13.5. The first-order valence-electron chi connectivity index (χ1n) is 15.7. The Morgan fingerprint density at radius 1 is 0.833 bits per heavy atom. The second-order valence-corrected chi connectivity index (χ2v) is 13.5.